The Morgan fingerprint density at radius 2 is 1.88 bits per heavy atom. The Labute approximate surface area is 190 Å². The van der Waals surface area contributed by atoms with Crippen molar-refractivity contribution >= 4 is 16.8 Å². The highest BCUT2D eigenvalue weighted by Gasteiger charge is 2.24. The number of benzene rings is 1. The molecule has 1 aliphatic rings. The third kappa shape index (κ3) is 4.65. The molecule has 0 unspecified atom stereocenters. The summed E-state index contributed by atoms with van der Waals surface area (Å²) in [6.07, 6.45) is 8.63. The lowest BCUT2D eigenvalue weighted by Crippen LogP contribution is -2.43. The highest BCUT2D eigenvalue weighted by molar-refractivity contribution is 5.98. The van der Waals surface area contributed by atoms with Gasteiger partial charge in [0.05, 0.1) is 11.7 Å². The second-order valence-corrected chi connectivity index (χ2v) is 8.83. The van der Waals surface area contributed by atoms with Crippen LogP contribution in [-0.4, -0.2) is 64.6 Å². The SMILES string of the molecule is CCC(CC)N1CCC(Oc2ccc(-n3ccc4cc(C(=O)N(C)C)ccc43)nc2)CC1. The first-order valence-corrected chi connectivity index (χ1v) is 11.7. The van der Waals surface area contributed by atoms with E-state index in [0.29, 0.717) is 11.6 Å². The molecule has 6 nitrogen and oxygen atoms in total. The maximum absolute atomic E-state index is 12.2. The van der Waals surface area contributed by atoms with Gasteiger partial charge in [-0.2, -0.15) is 0 Å². The summed E-state index contributed by atoms with van der Waals surface area (Å²) in [5, 5.41) is 1.02. The van der Waals surface area contributed by atoms with Crippen molar-refractivity contribution in [1.82, 2.24) is 19.4 Å². The minimum atomic E-state index is 0.00465. The highest BCUT2D eigenvalue weighted by atomic mass is 16.5. The van der Waals surface area contributed by atoms with Crippen molar-refractivity contribution < 1.29 is 9.53 Å². The fourth-order valence-corrected chi connectivity index (χ4v) is 4.67. The molecule has 1 aliphatic heterocycles. The number of pyridine rings is 1. The van der Waals surface area contributed by atoms with Gasteiger partial charge in [0.1, 0.15) is 17.7 Å². The summed E-state index contributed by atoms with van der Waals surface area (Å²) in [4.78, 5) is 21.1. The Kier molecular flexibility index (Phi) is 6.80. The standard InChI is InChI=1S/C26H34N4O2/c1-5-21(6-2)29-14-12-22(13-15-29)32-23-8-10-25(27-18-23)30-16-11-19-17-20(7-9-24(19)30)26(31)28(3)4/h7-11,16-18,21-22H,5-6,12-15H2,1-4H3. The number of ether oxygens (including phenoxy) is 1. The maximum atomic E-state index is 12.2. The van der Waals surface area contributed by atoms with E-state index in [-0.39, 0.29) is 12.0 Å². The van der Waals surface area contributed by atoms with Gasteiger partial charge in [-0.15, -0.1) is 0 Å². The molecular weight excluding hydrogens is 400 g/mol. The molecule has 0 spiro atoms. The number of rotatable bonds is 7. The third-order valence-corrected chi connectivity index (χ3v) is 6.55. The number of carbonyl (C=O) groups excluding carboxylic acids is 1. The zero-order chi connectivity index (χ0) is 22.7. The van der Waals surface area contributed by atoms with E-state index in [1.807, 2.05) is 53.4 Å². The van der Waals surface area contributed by atoms with Crippen molar-refractivity contribution in [1.29, 1.82) is 0 Å². The predicted octanol–water partition coefficient (Wildman–Crippen LogP) is 4.76. The second-order valence-electron chi connectivity index (χ2n) is 8.83. The number of carbonyl (C=O) groups is 1. The fraction of sp³-hybridized carbons (Fsp3) is 0.462. The minimum absolute atomic E-state index is 0.00465. The molecule has 0 aliphatic carbocycles. The van der Waals surface area contributed by atoms with Crippen LogP contribution >= 0.6 is 0 Å². The molecule has 0 saturated carbocycles. The first kappa shape index (κ1) is 22.3. The third-order valence-electron chi connectivity index (χ3n) is 6.55. The van der Waals surface area contributed by atoms with Gasteiger partial charge in [0.2, 0.25) is 0 Å². The summed E-state index contributed by atoms with van der Waals surface area (Å²) in [5.41, 5.74) is 1.71. The molecule has 6 heteroatoms. The Morgan fingerprint density at radius 1 is 1.12 bits per heavy atom. The number of amides is 1. The summed E-state index contributed by atoms with van der Waals surface area (Å²) < 4.78 is 8.27. The Hall–Kier alpha value is -2.86. The van der Waals surface area contributed by atoms with Crippen LogP contribution in [0, 0.1) is 0 Å². The first-order chi connectivity index (χ1) is 15.5. The number of hydrogen-bond acceptors (Lipinski definition) is 4. The van der Waals surface area contributed by atoms with Crippen LogP contribution in [0.4, 0.5) is 0 Å². The summed E-state index contributed by atoms with van der Waals surface area (Å²) in [6.45, 7) is 6.77. The molecule has 0 atom stereocenters. The molecule has 3 heterocycles. The summed E-state index contributed by atoms with van der Waals surface area (Å²) in [7, 11) is 3.53. The topological polar surface area (TPSA) is 50.6 Å². The van der Waals surface area contributed by atoms with Crippen molar-refractivity contribution in [2.24, 2.45) is 0 Å². The lowest BCUT2D eigenvalue weighted by atomic mass is 10.0. The van der Waals surface area contributed by atoms with Crippen molar-refractivity contribution in [3.05, 3.63) is 54.4 Å². The van der Waals surface area contributed by atoms with Crippen LogP contribution in [0.2, 0.25) is 0 Å². The lowest BCUT2D eigenvalue weighted by molar-refractivity contribution is 0.0724. The maximum Gasteiger partial charge on any atom is 0.253 e. The molecule has 0 radical (unpaired) electrons. The summed E-state index contributed by atoms with van der Waals surface area (Å²) in [6, 6.07) is 12.5. The molecule has 1 saturated heterocycles. The van der Waals surface area contributed by atoms with Crippen LogP contribution in [-0.2, 0) is 0 Å². The zero-order valence-electron chi connectivity index (χ0n) is 19.6. The van der Waals surface area contributed by atoms with E-state index in [4.69, 9.17) is 4.74 Å². The number of aromatic nitrogens is 2. The van der Waals surface area contributed by atoms with Gasteiger partial charge in [-0.25, -0.2) is 4.98 Å². The van der Waals surface area contributed by atoms with E-state index in [1.165, 1.54) is 12.8 Å². The van der Waals surface area contributed by atoms with Gasteiger partial charge in [0.25, 0.3) is 5.91 Å². The minimum Gasteiger partial charge on any atom is -0.489 e. The van der Waals surface area contributed by atoms with Gasteiger partial charge in [-0.1, -0.05) is 13.8 Å². The largest absolute Gasteiger partial charge is 0.489 e. The molecule has 32 heavy (non-hydrogen) atoms. The zero-order valence-corrected chi connectivity index (χ0v) is 19.6. The van der Waals surface area contributed by atoms with Crippen LogP contribution in [0.25, 0.3) is 16.7 Å². The number of piperidine rings is 1. The fourth-order valence-electron chi connectivity index (χ4n) is 4.67. The molecule has 170 valence electrons. The molecule has 1 fully saturated rings. The van der Waals surface area contributed by atoms with E-state index in [9.17, 15) is 4.79 Å². The van der Waals surface area contributed by atoms with E-state index in [1.54, 1.807) is 19.0 Å². The highest BCUT2D eigenvalue weighted by Crippen LogP contribution is 2.24. The molecule has 4 rings (SSSR count). The average molecular weight is 435 g/mol. The van der Waals surface area contributed by atoms with Crippen LogP contribution in [0.5, 0.6) is 5.75 Å². The second kappa shape index (κ2) is 9.74. The molecule has 1 amide bonds. The normalized spacial score (nSPS) is 15.4. The van der Waals surface area contributed by atoms with E-state index in [2.05, 4.69) is 23.7 Å². The monoisotopic (exact) mass is 434 g/mol. The van der Waals surface area contributed by atoms with E-state index >= 15 is 0 Å². The molecule has 2 aromatic heterocycles. The smallest absolute Gasteiger partial charge is 0.253 e. The van der Waals surface area contributed by atoms with Crippen molar-refractivity contribution in [3.63, 3.8) is 0 Å². The van der Waals surface area contributed by atoms with Crippen LogP contribution < -0.4 is 4.74 Å². The summed E-state index contributed by atoms with van der Waals surface area (Å²) >= 11 is 0. The average Bonchev–Trinajstić information content (AvgIpc) is 3.24. The molecule has 3 aromatic rings. The van der Waals surface area contributed by atoms with Gasteiger partial charge in [-0.3, -0.25) is 4.79 Å². The Bertz CT molecular complexity index is 1050. The van der Waals surface area contributed by atoms with Crippen molar-refractivity contribution in [3.8, 4) is 11.6 Å². The quantitative estimate of drug-likeness (QED) is 0.538. The molecule has 0 bridgehead atoms. The Morgan fingerprint density at radius 3 is 2.50 bits per heavy atom. The molecular formula is C26H34N4O2. The predicted molar refractivity (Wildman–Crippen MR) is 129 cm³/mol. The number of nitrogens with zero attached hydrogens (tertiary/aromatic N) is 4. The van der Waals surface area contributed by atoms with Gasteiger partial charge in [0.15, 0.2) is 0 Å². The van der Waals surface area contributed by atoms with Gasteiger partial charge in [-0.05, 0) is 62.1 Å². The van der Waals surface area contributed by atoms with Crippen LogP contribution in [0.3, 0.4) is 0 Å². The van der Waals surface area contributed by atoms with Crippen LogP contribution in [0.15, 0.2) is 48.8 Å². The van der Waals surface area contributed by atoms with Crippen molar-refractivity contribution in [2.75, 3.05) is 27.2 Å². The molecule has 0 N–H and O–H groups in total. The van der Waals surface area contributed by atoms with Crippen molar-refractivity contribution in [2.45, 2.75) is 51.7 Å². The van der Waals surface area contributed by atoms with E-state index < -0.39 is 0 Å². The lowest BCUT2D eigenvalue weighted by Gasteiger charge is -2.36. The number of fused-ring (bicyclic) bond motifs is 1. The van der Waals surface area contributed by atoms with Crippen LogP contribution in [0.1, 0.15) is 49.9 Å². The number of hydrogen-bond donors (Lipinski definition) is 0. The molecule has 1 aromatic carbocycles. The summed E-state index contributed by atoms with van der Waals surface area (Å²) in [5.74, 6) is 1.66. The van der Waals surface area contributed by atoms with E-state index in [0.717, 1.165) is 48.4 Å². The number of likely N-dealkylation sites (tertiary alicyclic amines) is 1. The van der Waals surface area contributed by atoms with Gasteiger partial charge >= 0.3 is 0 Å². The van der Waals surface area contributed by atoms with Gasteiger partial charge in [0, 0.05) is 50.4 Å². The van der Waals surface area contributed by atoms with Gasteiger partial charge < -0.3 is 19.1 Å². The Balaban J connectivity index is 1.42. The first-order valence-electron chi connectivity index (χ1n) is 11.7.